The Kier molecular flexibility index (Phi) is 4.22. The fourth-order valence-electron chi connectivity index (χ4n) is 2.07. The van der Waals surface area contributed by atoms with E-state index in [1.807, 2.05) is 42.5 Å². The summed E-state index contributed by atoms with van der Waals surface area (Å²) < 4.78 is 5.71. The topological polar surface area (TPSA) is 30.2 Å². The Morgan fingerprint density at radius 1 is 0.909 bits per heavy atom. The van der Waals surface area contributed by atoms with Crippen LogP contribution in [0.3, 0.4) is 0 Å². The number of carbonyl (C=O) groups excluding carboxylic acids is 1. The van der Waals surface area contributed by atoms with Crippen molar-refractivity contribution in [1.82, 2.24) is 0 Å². The molecular weight excluding hydrogens is 296 g/mol. The molecule has 0 saturated carbocycles. The van der Waals surface area contributed by atoms with Crippen molar-refractivity contribution in [1.29, 1.82) is 0 Å². The van der Waals surface area contributed by atoms with E-state index < -0.39 is 0 Å². The lowest BCUT2D eigenvalue weighted by Gasteiger charge is -1.96. The maximum absolute atomic E-state index is 12.0. The van der Waals surface area contributed by atoms with Gasteiger partial charge in [0.2, 0.25) is 0 Å². The van der Waals surface area contributed by atoms with Crippen LogP contribution in [0.25, 0.3) is 17.4 Å². The van der Waals surface area contributed by atoms with Crippen LogP contribution in [-0.4, -0.2) is 5.78 Å². The Morgan fingerprint density at radius 2 is 1.64 bits per heavy atom. The van der Waals surface area contributed by atoms with E-state index in [9.17, 15) is 4.79 Å². The van der Waals surface area contributed by atoms with Crippen LogP contribution in [0.4, 0.5) is 0 Å². The highest BCUT2D eigenvalue weighted by Crippen LogP contribution is 2.22. The molecule has 2 nitrogen and oxygen atoms in total. The molecule has 1 heterocycles. The molecule has 3 aromatic rings. The highest BCUT2D eigenvalue weighted by Gasteiger charge is 2.04. The van der Waals surface area contributed by atoms with E-state index in [1.165, 1.54) is 6.08 Å². The van der Waals surface area contributed by atoms with Crippen LogP contribution >= 0.6 is 11.6 Å². The number of halogens is 1. The van der Waals surface area contributed by atoms with Gasteiger partial charge >= 0.3 is 0 Å². The Hall–Kier alpha value is -2.58. The summed E-state index contributed by atoms with van der Waals surface area (Å²) in [6.45, 7) is 0. The van der Waals surface area contributed by atoms with Crippen LogP contribution in [0.5, 0.6) is 0 Å². The van der Waals surface area contributed by atoms with Crippen molar-refractivity contribution in [2.45, 2.75) is 0 Å². The highest BCUT2D eigenvalue weighted by atomic mass is 35.5. The van der Waals surface area contributed by atoms with Crippen molar-refractivity contribution in [3.8, 4) is 11.3 Å². The average Bonchev–Trinajstić information content (AvgIpc) is 3.03. The summed E-state index contributed by atoms with van der Waals surface area (Å²) >= 11 is 5.81. The first-order valence-corrected chi connectivity index (χ1v) is 7.23. The number of carbonyl (C=O) groups is 1. The fourth-order valence-corrected chi connectivity index (χ4v) is 2.19. The zero-order chi connectivity index (χ0) is 15.4. The molecule has 3 rings (SSSR count). The molecule has 0 amide bonds. The molecule has 0 unspecified atom stereocenters. The molecule has 0 aliphatic heterocycles. The van der Waals surface area contributed by atoms with Crippen LogP contribution in [0.15, 0.2) is 77.2 Å². The summed E-state index contributed by atoms with van der Waals surface area (Å²) in [4.78, 5) is 12.0. The minimum absolute atomic E-state index is 0.0886. The van der Waals surface area contributed by atoms with Crippen molar-refractivity contribution in [3.63, 3.8) is 0 Å². The molecule has 0 bridgehead atoms. The van der Waals surface area contributed by atoms with Crippen molar-refractivity contribution < 1.29 is 9.21 Å². The molecule has 1 aromatic heterocycles. The first kappa shape index (κ1) is 14.4. The summed E-state index contributed by atoms with van der Waals surface area (Å²) in [7, 11) is 0. The third-order valence-electron chi connectivity index (χ3n) is 3.21. The number of furan rings is 1. The van der Waals surface area contributed by atoms with E-state index in [1.54, 1.807) is 30.3 Å². The molecular formula is C19H13ClO2. The van der Waals surface area contributed by atoms with Gasteiger partial charge in [-0.05, 0) is 48.6 Å². The van der Waals surface area contributed by atoms with Crippen molar-refractivity contribution >= 4 is 23.5 Å². The minimum atomic E-state index is -0.0886. The summed E-state index contributed by atoms with van der Waals surface area (Å²) in [5.41, 5.74) is 1.60. The Bertz CT molecular complexity index is 799. The lowest BCUT2D eigenvalue weighted by atomic mass is 10.1. The van der Waals surface area contributed by atoms with Gasteiger partial charge in [-0.1, -0.05) is 41.9 Å². The lowest BCUT2D eigenvalue weighted by molar-refractivity contribution is 0.104. The van der Waals surface area contributed by atoms with Gasteiger partial charge in [0.25, 0.3) is 0 Å². The largest absolute Gasteiger partial charge is 0.457 e. The van der Waals surface area contributed by atoms with Gasteiger partial charge in [-0.25, -0.2) is 0 Å². The third-order valence-corrected chi connectivity index (χ3v) is 3.46. The first-order chi connectivity index (χ1) is 10.7. The van der Waals surface area contributed by atoms with Gasteiger partial charge in [0.15, 0.2) is 5.78 Å². The van der Waals surface area contributed by atoms with Crippen LogP contribution in [0.2, 0.25) is 5.02 Å². The van der Waals surface area contributed by atoms with E-state index in [2.05, 4.69) is 0 Å². The smallest absolute Gasteiger partial charge is 0.185 e. The molecule has 2 aromatic carbocycles. The molecule has 0 fully saturated rings. The standard InChI is InChI=1S/C19H13ClO2/c20-16-8-6-14(7-9-16)18(21)12-10-17-11-13-19(22-17)15-4-2-1-3-5-15/h1-13H/b12-10-. The Balaban J connectivity index is 1.75. The van der Waals surface area contributed by atoms with E-state index in [-0.39, 0.29) is 5.78 Å². The number of benzene rings is 2. The number of rotatable bonds is 4. The van der Waals surface area contributed by atoms with Gasteiger partial charge in [0.1, 0.15) is 11.5 Å². The summed E-state index contributed by atoms with van der Waals surface area (Å²) in [5.74, 6) is 1.33. The number of hydrogen-bond donors (Lipinski definition) is 0. The zero-order valence-corrected chi connectivity index (χ0v) is 12.5. The molecule has 3 heteroatoms. The predicted molar refractivity (Wildman–Crippen MR) is 89.0 cm³/mol. The van der Waals surface area contributed by atoms with Gasteiger partial charge in [-0.15, -0.1) is 0 Å². The van der Waals surface area contributed by atoms with E-state index in [0.717, 1.165) is 11.3 Å². The molecule has 108 valence electrons. The second-order valence-corrected chi connectivity index (χ2v) is 5.21. The van der Waals surface area contributed by atoms with E-state index >= 15 is 0 Å². The molecule has 0 aliphatic rings. The Morgan fingerprint density at radius 3 is 2.36 bits per heavy atom. The molecule has 0 saturated heterocycles. The SMILES string of the molecule is O=C(/C=C\c1ccc(-c2ccccc2)o1)c1ccc(Cl)cc1. The highest BCUT2D eigenvalue weighted by molar-refractivity contribution is 6.30. The molecule has 0 N–H and O–H groups in total. The minimum Gasteiger partial charge on any atom is -0.457 e. The quantitative estimate of drug-likeness (QED) is 0.471. The predicted octanol–water partition coefficient (Wildman–Crippen LogP) is 5.50. The van der Waals surface area contributed by atoms with Gasteiger partial charge in [0.05, 0.1) is 0 Å². The first-order valence-electron chi connectivity index (χ1n) is 6.85. The van der Waals surface area contributed by atoms with Crippen molar-refractivity contribution in [2.75, 3.05) is 0 Å². The zero-order valence-electron chi connectivity index (χ0n) is 11.7. The molecule has 0 spiro atoms. The lowest BCUT2D eigenvalue weighted by Crippen LogP contribution is -1.92. The van der Waals surface area contributed by atoms with Crippen LogP contribution in [-0.2, 0) is 0 Å². The number of hydrogen-bond acceptors (Lipinski definition) is 2. The summed E-state index contributed by atoms with van der Waals surface area (Å²) in [5, 5.41) is 0.610. The third kappa shape index (κ3) is 3.35. The van der Waals surface area contributed by atoms with Gasteiger partial charge in [-0.3, -0.25) is 4.79 Å². The molecule has 0 radical (unpaired) electrons. The summed E-state index contributed by atoms with van der Waals surface area (Å²) in [6.07, 6.45) is 3.17. The van der Waals surface area contributed by atoms with Gasteiger partial charge in [0, 0.05) is 16.1 Å². The average molecular weight is 309 g/mol. The van der Waals surface area contributed by atoms with Crippen LogP contribution in [0, 0.1) is 0 Å². The second kappa shape index (κ2) is 6.46. The summed E-state index contributed by atoms with van der Waals surface area (Å²) in [6, 6.07) is 20.4. The number of allylic oxidation sites excluding steroid dienone is 1. The van der Waals surface area contributed by atoms with Crippen molar-refractivity contribution in [3.05, 3.63) is 89.2 Å². The molecule has 0 atom stereocenters. The van der Waals surface area contributed by atoms with E-state index in [0.29, 0.717) is 16.3 Å². The van der Waals surface area contributed by atoms with Gasteiger partial charge < -0.3 is 4.42 Å². The normalized spacial score (nSPS) is 11.0. The van der Waals surface area contributed by atoms with Gasteiger partial charge in [-0.2, -0.15) is 0 Å². The van der Waals surface area contributed by atoms with Crippen LogP contribution in [0.1, 0.15) is 16.1 Å². The monoisotopic (exact) mass is 308 g/mol. The maximum atomic E-state index is 12.0. The Labute approximate surface area is 133 Å². The van der Waals surface area contributed by atoms with E-state index in [4.69, 9.17) is 16.0 Å². The second-order valence-electron chi connectivity index (χ2n) is 4.77. The van der Waals surface area contributed by atoms with Crippen LogP contribution < -0.4 is 0 Å². The van der Waals surface area contributed by atoms with Crippen molar-refractivity contribution in [2.24, 2.45) is 0 Å². The maximum Gasteiger partial charge on any atom is 0.185 e. The number of ketones is 1. The fraction of sp³-hybridized carbons (Fsp3) is 0. The molecule has 0 aliphatic carbocycles. The molecule has 22 heavy (non-hydrogen) atoms.